The molecule has 1 saturated heterocycles. The normalized spacial score (nSPS) is 16.9. The number of hydrogen-bond acceptors (Lipinski definition) is 5. The van der Waals surface area contributed by atoms with E-state index in [9.17, 15) is 18.0 Å². The van der Waals surface area contributed by atoms with Gasteiger partial charge < -0.3 is 14.4 Å². The Hall–Kier alpha value is -3.17. The van der Waals surface area contributed by atoms with Crippen LogP contribution in [0.15, 0.2) is 58.4 Å². The first-order valence-electron chi connectivity index (χ1n) is 11.2. The molecule has 3 aromatic rings. The number of sulfonamides is 1. The number of carbonyl (C=O) groups is 1. The van der Waals surface area contributed by atoms with Gasteiger partial charge in [0, 0.05) is 64.1 Å². The zero-order chi connectivity index (χ0) is 24.8. The highest BCUT2D eigenvalue weighted by Crippen LogP contribution is 2.23. The Morgan fingerprint density at radius 1 is 1.09 bits per heavy atom. The Kier molecular flexibility index (Phi) is 6.26. The molecular weight excluding hydrogens is 452 g/mol. The van der Waals surface area contributed by atoms with Crippen LogP contribution in [-0.2, 0) is 17.1 Å². The summed E-state index contributed by atoms with van der Waals surface area (Å²) in [6.45, 7) is 5.77. The summed E-state index contributed by atoms with van der Waals surface area (Å²) in [6, 6.07) is 12.8. The number of nitrogens with zero attached hydrogens (tertiary/aromatic N) is 4. The average molecular weight is 483 g/mol. The fourth-order valence-corrected chi connectivity index (χ4v) is 5.43. The van der Waals surface area contributed by atoms with Crippen LogP contribution in [0.3, 0.4) is 0 Å². The van der Waals surface area contributed by atoms with Crippen LogP contribution in [0, 0.1) is 6.92 Å². The summed E-state index contributed by atoms with van der Waals surface area (Å²) in [7, 11) is 0.916. The second-order valence-electron chi connectivity index (χ2n) is 9.08. The van der Waals surface area contributed by atoms with Crippen molar-refractivity contribution in [2.24, 2.45) is 7.05 Å². The van der Waals surface area contributed by atoms with Gasteiger partial charge in [0.25, 0.3) is 5.91 Å². The van der Waals surface area contributed by atoms with Gasteiger partial charge in [-0.05, 0) is 49.7 Å². The molecular formula is C25H30N4O4S. The van der Waals surface area contributed by atoms with Crippen molar-refractivity contribution >= 4 is 32.5 Å². The lowest BCUT2D eigenvalue weighted by Crippen LogP contribution is -2.54. The summed E-state index contributed by atoms with van der Waals surface area (Å²) in [6.07, 6.45) is 1.55. The molecule has 1 fully saturated rings. The van der Waals surface area contributed by atoms with E-state index in [1.807, 2.05) is 6.07 Å². The van der Waals surface area contributed by atoms with Gasteiger partial charge in [-0.1, -0.05) is 12.1 Å². The number of hydrogen-bond donors (Lipinski definition) is 0. The SMILES string of the molecule is Cc1cccc(N2CCN(C(=O)c3cn(C)c4ccc(S(=O)(=O)N(C)C)cc4c3=O)C[C@@H]2C)c1. The molecule has 1 atom stereocenters. The molecule has 1 amide bonds. The fourth-order valence-electron chi connectivity index (χ4n) is 4.50. The van der Waals surface area contributed by atoms with E-state index >= 15 is 0 Å². The Balaban J connectivity index is 1.66. The number of amides is 1. The lowest BCUT2D eigenvalue weighted by Gasteiger charge is -2.41. The number of rotatable bonds is 4. The zero-order valence-electron chi connectivity index (χ0n) is 20.1. The quantitative estimate of drug-likeness (QED) is 0.571. The smallest absolute Gasteiger partial charge is 0.259 e. The molecule has 0 unspecified atom stereocenters. The number of pyridine rings is 1. The van der Waals surface area contributed by atoms with Crippen molar-refractivity contribution in [1.29, 1.82) is 0 Å². The molecule has 0 radical (unpaired) electrons. The average Bonchev–Trinajstić information content (AvgIpc) is 2.80. The molecule has 2 aromatic carbocycles. The standard InChI is InChI=1S/C25H30N4O4S/c1-17-7-6-8-19(13-17)29-12-11-28(15-18(29)2)25(31)22-16-27(5)23-10-9-20(14-21(23)24(22)30)34(32,33)26(3)4/h6-10,13-14,16,18H,11-12,15H2,1-5H3/t18-/m0/s1. The second-order valence-corrected chi connectivity index (χ2v) is 11.2. The van der Waals surface area contributed by atoms with Crippen LogP contribution in [0.4, 0.5) is 5.69 Å². The van der Waals surface area contributed by atoms with E-state index in [1.165, 1.54) is 31.8 Å². The van der Waals surface area contributed by atoms with Crippen LogP contribution in [0.25, 0.3) is 10.9 Å². The van der Waals surface area contributed by atoms with Gasteiger partial charge in [0.05, 0.1) is 10.4 Å². The topological polar surface area (TPSA) is 82.9 Å². The van der Waals surface area contributed by atoms with Gasteiger partial charge >= 0.3 is 0 Å². The predicted octanol–water partition coefficient (Wildman–Crippen LogP) is 2.45. The van der Waals surface area contributed by atoms with Gasteiger partial charge in [-0.2, -0.15) is 0 Å². The van der Waals surface area contributed by atoms with Crippen LogP contribution in [-0.4, -0.2) is 67.9 Å². The van der Waals surface area contributed by atoms with Gasteiger partial charge in [0.1, 0.15) is 5.56 Å². The molecule has 34 heavy (non-hydrogen) atoms. The van der Waals surface area contributed by atoms with Gasteiger partial charge in [-0.15, -0.1) is 0 Å². The Labute approximate surface area is 200 Å². The molecule has 1 aliphatic rings. The number of aromatic nitrogens is 1. The summed E-state index contributed by atoms with van der Waals surface area (Å²) >= 11 is 0. The molecule has 0 saturated carbocycles. The van der Waals surface area contributed by atoms with E-state index in [4.69, 9.17) is 0 Å². The Morgan fingerprint density at radius 3 is 2.47 bits per heavy atom. The molecule has 1 aromatic heterocycles. The van der Waals surface area contributed by atoms with Crippen LogP contribution in [0.1, 0.15) is 22.8 Å². The van der Waals surface area contributed by atoms with Crippen molar-refractivity contribution in [3.05, 3.63) is 70.0 Å². The van der Waals surface area contributed by atoms with E-state index < -0.39 is 15.5 Å². The Morgan fingerprint density at radius 2 is 1.82 bits per heavy atom. The van der Waals surface area contributed by atoms with Crippen molar-refractivity contribution in [1.82, 2.24) is 13.8 Å². The first-order chi connectivity index (χ1) is 16.0. The largest absolute Gasteiger partial charge is 0.365 e. The monoisotopic (exact) mass is 482 g/mol. The summed E-state index contributed by atoms with van der Waals surface area (Å²) in [5.41, 5.74) is 2.46. The predicted molar refractivity (Wildman–Crippen MR) is 134 cm³/mol. The Bertz CT molecular complexity index is 1430. The molecule has 1 aliphatic heterocycles. The van der Waals surface area contributed by atoms with E-state index in [0.29, 0.717) is 25.2 Å². The lowest BCUT2D eigenvalue weighted by molar-refractivity contribution is 0.0724. The maximum absolute atomic E-state index is 13.4. The third-order valence-electron chi connectivity index (χ3n) is 6.42. The summed E-state index contributed by atoms with van der Waals surface area (Å²) in [4.78, 5) is 30.8. The van der Waals surface area contributed by atoms with Crippen LogP contribution >= 0.6 is 0 Å². The highest BCUT2D eigenvalue weighted by molar-refractivity contribution is 7.89. The van der Waals surface area contributed by atoms with Crippen molar-refractivity contribution < 1.29 is 13.2 Å². The van der Waals surface area contributed by atoms with Crippen LogP contribution in [0.5, 0.6) is 0 Å². The summed E-state index contributed by atoms with van der Waals surface area (Å²) in [5.74, 6) is -0.334. The van der Waals surface area contributed by atoms with Gasteiger partial charge in [-0.3, -0.25) is 9.59 Å². The number of benzene rings is 2. The van der Waals surface area contributed by atoms with Crippen molar-refractivity contribution in [2.45, 2.75) is 24.8 Å². The number of aryl methyl sites for hydroxylation is 2. The minimum Gasteiger partial charge on any atom is -0.365 e. The molecule has 4 rings (SSSR count). The first kappa shape index (κ1) is 24.0. The highest BCUT2D eigenvalue weighted by Gasteiger charge is 2.29. The lowest BCUT2D eigenvalue weighted by atomic mass is 10.1. The second kappa shape index (κ2) is 8.88. The van der Waals surface area contributed by atoms with Crippen molar-refractivity contribution in [2.75, 3.05) is 38.6 Å². The minimum absolute atomic E-state index is 0.0205. The van der Waals surface area contributed by atoms with Gasteiger partial charge in [0.2, 0.25) is 15.5 Å². The van der Waals surface area contributed by atoms with Crippen molar-refractivity contribution in [3.63, 3.8) is 0 Å². The van der Waals surface area contributed by atoms with E-state index in [1.54, 1.807) is 28.8 Å². The maximum atomic E-state index is 13.4. The van der Waals surface area contributed by atoms with Crippen LogP contribution < -0.4 is 10.3 Å². The highest BCUT2D eigenvalue weighted by atomic mass is 32.2. The van der Waals surface area contributed by atoms with E-state index in [2.05, 4.69) is 36.9 Å². The summed E-state index contributed by atoms with van der Waals surface area (Å²) in [5, 5.41) is 0.211. The zero-order valence-corrected chi connectivity index (χ0v) is 21.0. The first-order valence-corrected chi connectivity index (χ1v) is 12.6. The number of carbonyl (C=O) groups excluding carboxylic acids is 1. The third-order valence-corrected chi connectivity index (χ3v) is 8.23. The number of anilines is 1. The molecule has 180 valence electrons. The van der Waals surface area contributed by atoms with Gasteiger partial charge in [-0.25, -0.2) is 12.7 Å². The number of piperazine rings is 1. The van der Waals surface area contributed by atoms with E-state index in [0.717, 1.165) is 9.99 Å². The molecule has 8 nitrogen and oxygen atoms in total. The fraction of sp³-hybridized carbons (Fsp3) is 0.360. The molecule has 0 N–H and O–H groups in total. The maximum Gasteiger partial charge on any atom is 0.259 e. The molecule has 9 heteroatoms. The molecule has 0 aliphatic carbocycles. The summed E-state index contributed by atoms with van der Waals surface area (Å²) < 4.78 is 28.0. The molecule has 2 heterocycles. The minimum atomic E-state index is -3.71. The molecule has 0 spiro atoms. The number of fused-ring (bicyclic) bond motifs is 1. The van der Waals surface area contributed by atoms with E-state index in [-0.39, 0.29) is 27.8 Å². The third kappa shape index (κ3) is 4.21. The van der Waals surface area contributed by atoms with Crippen molar-refractivity contribution in [3.8, 4) is 0 Å². The van der Waals surface area contributed by atoms with Crippen LogP contribution in [0.2, 0.25) is 0 Å². The molecule has 0 bridgehead atoms. The van der Waals surface area contributed by atoms with Gasteiger partial charge in [0.15, 0.2) is 0 Å².